The summed E-state index contributed by atoms with van der Waals surface area (Å²) < 4.78 is 33.7. The lowest BCUT2D eigenvalue weighted by atomic mass is 10.2. The maximum absolute atomic E-state index is 12.8. The molecule has 1 N–H and O–H groups in total. The van der Waals surface area contributed by atoms with Gasteiger partial charge in [0.15, 0.2) is 0 Å². The van der Waals surface area contributed by atoms with Crippen LogP contribution in [0.3, 0.4) is 0 Å². The van der Waals surface area contributed by atoms with Gasteiger partial charge in [0, 0.05) is 23.7 Å². The van der Waals surface area contributed by atoms with E-state index in [4.69, 9.17) is 4.52 Å². The predicted octanol–water partition coefficient (Wildman–Crippen LogP) is 3.17. The Labute approximate surface area is 170 Å². The van der Waals surface area contributed by atoms with Crippen LogP contribution in [0.2, 0.25) is 0 Å². The fourth-order valence-electron chi connectivity index (χ4n) is 3.67. The predicted molar refractivity (Wildman–Crippen MR) is 111 cm³/mol. The summed E-state index contributed by atoms with van der Waals surface area (Å²) in [6, 6.07) is 16.3. The minimum Gasteiger partial charge on any atom is -0.334 e. The molecule has 1 aliphatic rings. The van der Waals surface area contributed by atoms with E-state index in [1.54, 1.807) is 24.3 Å². The first kappa shape index (κ1) is 19.8. The smallest absolute Gasteiger partial charge is 0.258 e. The first-order valence-electron chi connectivity index (χ1n) is 9.80. The Morgan fingerprint density at radius 2 is 1.93 bits per heavy atom. The highest BCUT2D eigenvalue weighted by Crippen LogP contribution is 2.24. The number of aromatic nitrogens is 2. The molecule has 1 aromatic heterocycles. The lowest BCUT2D eigenvalue weighted by Crippen LogP contribution is -2.39. The number of hydrogen-bond donors (Lipinski definition) is 1. The molecule has 0 unspecified atom stereocenters. The molecule has 2 heterocycles. The van der Waals surface area contributed by atoms with Crippen LogP contribution in [0.25, 0.3) is 22.8 Å². The Kier molecular flexibility index (Phi) is 5.75. The highest BCUT2D eigenvalue weighted by atomic mass is 32.2. The Bertz CT molecular complexity index is 1070. The maximum Gasteiger partial charge on any atom is 0.258 e. The summed E-state index contributed by atoms with van der Waals surface area (Å²) >= 11 is 0. The van der Waals surface area contributed by atoms with E-state index >= 15 is 0 Å². The van der Waals surface area contributed by atoms with E-state index in [2.05, 4.69) is 26.7 Å². The molecule has 1 atom stereocenters. The molecule has 152 valence electrons. The molecular weight excluding hydrogens is 388 g/mol. The third-order valence-corrected chi connectivity index (χ3v) is 6.68. The number of likely N-dealkylation sites (N-methyl/N-ethyl adjacent to an activating group) is 1. The Morgan fingerprint density at radius 3 is 2.72 bits per heavy atom. The third kappa shape index (κ3) is 4.39. The molecule has 3 aromatic rings. The molecule has 4 rings (SSSR count). The fourth-order valence-corrected chi connectivity index (χ4v) is 4.79. The molecule has 2 aromatic carbocycles. The quantitative estimate of drug-likeness (QED) is 0.641. The Balaban J connectivity index is 1.52. The lowest BCUT2D eigenvalue weighted by Gasteiger charge is -2.22. The van der Waals surface area contributed by atoms with Crippen molar-refractivity contribution in [3.63, 3.8) is 0 Å². The van der Waals surface area contributed by atoms with E-state index in [0.29, 0.717) is 17.9 Å². The molecule has 0 bridgehead atoms. The van der Waals surface area contributed by atoms with E-state index in [9.17, 15) is 8.42 Å². The molecule has 29 heavy (non-hydrogen) atoms. The van der Waals surface area contributed by atoms with Crippen LogP contribution in [-0.2, 0) is 10.0 Å². The second-order valence-electron chi connectivity index (χ2n) is 7.09. The van der Waals surface area contributed by atoms with Gasteiger partial charge in [-0.25, -0.2) is 13.1 Å². The third-order valence-electron chi connectivity index (χ3n) is 5.26. The SMILES string of the molecule is CCN1CCC[C@H]1CNS(=O)(=O)c1cccc(-c2nc(-c3ccccc3)no2)c1. The summed E-state index contributed by atoms with van der Waals surface area (Å²) in [7, 11) is -3.62. The van der Waals surface area contributed by atoms with Crippen molar-refractivity contribution in [3.05, 3.63) is 54.6 Å². The van der Waals surface area contributed by atoms with Gasteiger partial charge in [-0.1, -0.05) is 48.5 Å². The molecular formula is C21H24N4O3S. The van der Waals surface area contributed by atoms with E-state index in [1.165, 1.54) is 0 Å². The summed E-state index contributed by atoms with van der Waals surface area (Å²) in [4.78, 5) is 6.90. The maximum atomic E-state index is 12.8. The summed E-state index contributed by atoms with van der Waals surface area (Å²) in [6.07, 6.45) is 2.12. The van der Waals surface area contributed by atoms with Crippen LogP contribution in [0.4, 0.5) is 0 Å². The lowest BCUT2D eigenvalue weighted by molar-refractivity contribution is 0.268. The Morgan fingerprint density at radius 1 is 1.14 bits per heavy atom. The van der Waals surface area contributed by atoms with Gasteiger partial charge in [-0.15, -0.1) is 0 Å². The number of hydrogen-bond acceptors (Lipinski definition) is 6. The second-order valence-corrected chi connectivity index (χ2v) is 8.86. The zero-order valence-electron chi connectivity index (χ0n) is 16.3. The van der Waals surface area contributed by atoms with Crippen molar-refractivity contribution in [1.29, 1.82) is 0 Å². The first-order valence-corrected chi connectivity index (χ1v) is 11.3. The molecule has 8 heteroatoms. The van der Waals surface area contributed by atoms with Crippen LogP contribution < -0.4 is 4.72 Å². The average molecular weight is 413 g/mol. The van der Waals surface area contributed by atoms with E-state index < -0.39 is 10.0 Å². The molecule has 1 saturated heterocycles. The molecule has 0 saturated carbocycles. The van der Waals surface area contributed by atoms with E-state index in [0.717, 1.165) is 31.5 Å². The van der Waals surface area contributed by atoms with Crippen molar-refractivity contribution >= 4 is 10.0 Å². The monoisotopic (exact) mass is 412 g/mol. The van der Waals surface area contributed by atoms with Gasteiger partial charge in [0.1, 0.15) is 0 Å². The largest absolute Gasteiger partial charge is 0.334 e. The minimum absolute atomic E-state index is 0.190. The van der Waals surface area contributed by atoms with Crippen LogP contribution in [0.15, 0.2) is 64.0 Å². The van der Waals surface area contributed by atoms with Gasteiger partial charge < -0.3 is 4.52 Å². The van der Waals surface area contributed by atoms with Crippen molar-refractivity contribution in [2.24, 2.45) is 0 Å². The second kappa shape index (κ2) is 8.44. The molecule has 0 spiro atoms. The molecule has 0 aliphatic carbocycles. The Hall–Kier alpha value is -2.55. The van der Waals surface area contributed by atoms with Gasteiger partial charge in [0.25, 0.3) is 5.89 Å². The van der Waals surface area contributed by atoms with Crippen LogP contribution in [0, 0.1) is 0 Å². The summed E-state index contributed by atoms with van der Waals surface area (Å²) in [6.45, 7) is 4.48. The van der Waals surface area contributed by atoms with E-state index in [1.807, 2.05) is 30.3 Å². The standard InChI is InChI=1S/C21H24N4O3S/c1-2-25-13-7-11-18(25)15-22-29(26,27)19-12-6-10-17(14-19)21-23-20(24-28-21)16-8-4-3-5-9-16/h3-6,8-10,12,14,18,22H,2,7,11,13,15H2,1H3/t18-/m0/s1. The van der Waals surface area contributed by atoms with Crippen molar-refractivity contribution in [1.82, 2.24) is 19.8 Å². The summed E-state index contributed by atoms with van der Waals surface area (Å²) in [5.74, 6) is 0.752. The first-order chi connectivity index (χ1) is 14.1. The number of sulfonamides is 1. The topological polar surface area (TPSA) is 88.3 Å². The summed E-state index contributed by atoms with van der Waals surface area (Å²) in [5.41, 5.74) is 1.41. The summed E-state index contributed by atoms with van der Waals surface area (Å²) in [5, 5.41) is 4.00. The van der Waals surface area contributed by atoms with Crippen molar-refractivity contribution in [2.75, 3.05) is 19.6 Å². The van der Waals surface area contributed by atoms with Gasteiger partial charge in [-0.2, -0.15) is 4.98 Å². The zero-order valence-corrected chi connectivity index (χ0v) is 17.1. The number of nitrogens with zero attached hydrogens (tertiary/aromatic N) is 3. The number of likely N-dealkylation sites (tertiary alicyclic amines) is 1. The van der Waals surface area contributed by atoms with Crippen molar-refractivity contribution < 1.29 is 12.9 Å². The van der Waals surface area contributed by atoms with Gasteiger partial charge in [0.05, 0.1) is 4.90 Å². The van der Waals surface area contributed by atoms with Gasteiger partial charge in [-0.3, -0.25) is 4.90 Å². The minimum atomic E-state index is -3.62. The number of nitrogens with one attached hydrogen (secondary N) is 1. The number of benzene rings is 2. The molecule has 0 radical (unpaired) electrons. The molecule has 0 amide bonds. The van der Waals surface area contributed by atoms with Gasteiger partial charge >= 0.3 is 0 Å². The normalized spacial score (nSPS) is 17.6. The van der Waals surface area contributed by atoms with Crippen LogP contribution in [0.1, 0.15) is 19.8 Å². The van der Waals surface area contributed by atoms with Gasteiger partial charge in [0.2, 0.25) is 15.8 Å². The highest BCUT2D eigenvalue weighted by Gasteiger charge is 2.25. The van der Waals surface area contributed by atoms with Crippen molar-refractivity contribution in [2.45, 2.75) is 30.7 Å². The highest BCUT2D eigenvalue weighted by molar-refractivity contribution is 7.89. The molecule has 7 nitrogen and oxygen atoms in total. The molecule has 1 aliphatic heterocycles. The average Bonchev–Trinajstić information content (AvgIpc) is 3.42. The van der Waals surface area contributed by atoms with E-state index in [-0.39, 0.29) is 16.8 Å². The van der Waals surface area contributed by atoms with Crippen LogP contribution >= 0.6 is 0 Å². The van der Waals surface area contributed by atoms with Crippen molar-refractivity contribution in [3.8, 4) is 22.8 Å². The zero-order chi connectivity index (χ0) is 20.3. The molecule has 1 fully saturated rings. The van der Waals surface area contributed by atoms with Crippen LogP contribution in [-0.4, -0.2) is 49.1 Å². The fraction of sp³-hybridized carbons (Fsp3) is 0.333. The number of rotatable bonds is 7. The van der Waals surface area contributed by atoms with Crippen LogP contribution in [0.5, 0.6) is 0 Å². The van der Waals surface area contributed by atoms with Gasteiger partial charge in [-0.05, 0) is 44.1 Å².